The van der Waals surface area contributed by atoms with Crippen LogP contribution in [0.4, 0.5) is 0 Å². The van der Waals surface area contributed by atoms with E-state index >= 15 is 0 Å². The van der Waals surface area contributed by atoms with Crippen molar-refractivity contribution in [3.63, 3.8) is 0 Å². The van der Waals surface area contributed by atoms with Crippen molar-refractivity contribution in [2.75, 3.05) is 13.2 Å². The second-order valence-electron chi connectivity index (χ2n) is 7.38. The van der Waals surface area contributed by atoms with E-state index in [1.807, 2.05) is 10.8 Å². The summed E-state index contributed by atoms with van der Waals surface area (Å²) in [6, 6.07) is 5.31. The van der Waals surface area contributed by atoms with Crippen molar-refractivity contribution in [3.05, 3.63) is 22.8 Å². The number of fused-ring (bicyclic) bond motifs is 1. The first-order valence-corrected chi connectivity index (χ1v) is 13.3. The third-order valence-electron chi connectivity index (χ3n) is 3.87. The second kappa shape index (κ2) is 9.01. The summed E-state index contributed by atoms with van der Waals surface area (Å²) in [5, 5.41) is 1.09. The van der Waals surface area contributed by atoms with E-state index in [-0.39, 0.29) is 0 Å². The minimum Gasteiger partial charge on any atom is -0.477 e. The molecule has 0 amide bonds. The molecule has 0 unspecified atom stereocenters. The number of aromatic nitrogens is 2. The highest BCUT2D eigenvalue weighted by molar-refractivity contribution is 9.10. The lowest BCUT2D eigenvalue weighted by atomic mass is 10.3. The van der Waals surface area contributed by atoms with Crippen LogP contribution < -0.4 is 4.74 Å². The van der Waals surface area contributed by atoms with Crippen LogP contribution >= 0.6 is 15.9 Å². The zero-order valence-electron chi connectivity index (χ0n) is 15.3. The van der Waals surface area contributed by atoms with Crippen LogP contribution in [-0.4, -0.2) is 30.8 Å². The van der Waals surface area contributed by atoms with Crippen LogP contribution in [0.25, 0.3) is 11.0 Å². The fourth-order valence-electron chi connectivity index (χ4n) is 2.34. The predicted octanol–water partition coefficient (Wildman–Crippen LogP) is 5.68. The van der Waals surface area contributed by atoms with E-state index in [1.54, 1.807) is 0 Å². The molecule has 0 aliphatic carbocycles. The summed E-state index contributed by atoms with van der Waals surface area (Å²) in [5.74, 6) is 0.667. The molecule has 0 atom stereocenters. The lowest BCUT2D eigenvalue weighted by Gasteiger charge is -2.15. The molecule has 24 heavy (non-hydrogen) atoms. The van der Waals surface area contributed by atoms with Crippen molar-refractivity contribution < 1.29 is 9.47 Å². The molecule has 0 bridgehead atoms. The van der Waals surface area contributed by atoms with Crippen molar-refractivity contribution in [1.82, 2.24) is 9.55 Å². The smallest absolute Gasteiger partial charge is 0.230 e. The minimum absolute atomic E-state index is 0.540. The molecule has 4 nitrogen and oxygen atoms in total. The Morgan fingerprint density at radius 3 is 2.71 bits per heavy atom. The summed E-state index contributed by atoms with van der Waals surface area (Å²) >= 11 is 3.56. The molecule has 0 radical (unpaired) electrons. The van der Waals surface area contributed by atoms with Crippen LogP contribution in [0.3, 0.4) is 0 Å². The Morgan fingerprint density at radius 1 is 1.21 bits per heavy atom. The fraction of sp³-hybridized carbons (Fsp3) is 0.611. The van der Waals surface area contributed by atoms with Crippen LogP contribution in [0, 0.1) is 0 Å². The number of hydrogen-bond acceptors (Lipinski definition) is 3. The topological polar surface area (TPSA) is 36.3 Å². The van der Waals surface area contributed by atoms with Gasteiger partial charge in [0.1, 0.15) is 12.4 Å². The molecule has 0 saturated heterocycles. The molecule has 134 valence electrons. The van der Waals surface area contributed by atoms with Gasteiger partial charge in [-0.05, 0) is 40.5 Å². The molecule has 0 aromatic carbocycles. The number of ether oxygens (including phenoxy) is 2. The number of pyridine rings is 1. The summed E-state index contributed by atoms with van der Waals surface area (Å²) in [7, 11) is -1.05. The van der Waals surface area contributed by atoms with Crippen molar-refractivity contribution in [1.29, 1.82) is 0 Å². The second-order valence-corrected chi connectivity index (χ2v) is 13.9. The molecule has 6 heteroatoms. The Hall–Kier alpha value is -0.853. The van der Waals surface area contributed by atoms with Crippen LogP contribution in [0.15, 0.2) is 22.8 Å². The monoisotopic (exact) mass is 412 g/mol. The maximum atomic E-state index is 5.85. The highest BCUT2D eigenvalue weighted by atomic mass is 79.9. The van der Waals surface area contributed by atoms with Gasteiger partial charge in [0.25, 0.3) is 0 Å². The SMILES string of the molecule is CCCCCOc1nc2c(ccn2COCC[Si](C)(C)C)cc1Br. The summed E-state index contributed by atoms with van der Waals surface area (Å²) in [6.07, 6.45) is 5.46. The van der Waals surface area contributed by atoms with E-state index < -0.39 is 8.07 Å². The molecule has 2 rings (SSSR count). The van der Waals surface area contributed by atoms with Crippen LogP contribution in [0.2, 0.25) is 25.7 Å². The standard InChI is InChI=1S/C18H29BrN2O2Si/c1-5-6-7-10-23-18-16(19)13-15-8-9-21(17(15)20-18)14-22-11-12-24(2,3)4/h8-9,13H,5-7,10-12,14H2,1-4H3. The maximum absolute atomic E-state index is 5.85. The van der Waals surface area contributed by atoms with Crippen LogP contribution in [0.1, 0.15) is 26.2 Å². The van der Waals surface area contributed by atoms with E-state index in [0.29, 0.717) is 19.2 Å². The Labute approximate surface area is 154 Å². The molecule has 2 heterocycles. The van der Waals surface area contributed by atoms with Gasteiger partial charge in [-0.15, -0.1) is 0 Å². The Balaban J connectivity index is 2.00. The highest BCUT2D eigenvalue weighted by Gasteiger charge is 2.13. The number of hydrogen-bond donors (Lipinski definition) is 0. The molecule has 0 aliphatic rings. The van der Waals surface area contributed by atoms with Gasteiger partial charge < -0.3 is 14.0 Å². The third kappa shape index (κ3) is 5.90. The minimum atomic E-state index is -1.05. The van der Waals surface area contributed by atoms with Gasteiger partial charge in [0, 0.05) is 26.3 Å². The zero-order valence-corrected chi connectivity index (χ0v) is 17.9. The van der Waals surface area contributed by atoms with Crippen molar-refractivity contribution >= 4 is 35.0 Å². The molecule has 0 saturated carbocycles. The molecular weight excluding hydrogens is 384 g/mol. The zero-order chi connectivity index (χ0) is 17.6. The first-order valence-electron chi connectivity index (χ1n) is 8.76. The molecule has 0 spiro atoms. The Morgan fingerprint density at radius 2 is 2.00 bits per heavy atom. The van der Waals surface area contributed by atoms with E-state index in [2.05, 4.69) is 59.6 Å². The lowest BCUT2D eigenvalue weighted by Crippen LogP contribution is -2.22. The molecule has 0 N–H and O–H groups in total. The first kappa shape index (κ1) is 19.5. The number of nitrogens with zero attached hydrogens (tertiary/aromatic N) is 2. The van der Waals surface area contributed by atoms with E-state index in [1.165, 1.54) is 18.9 Å². The number of rotatable bonds is 10. The van der Waals surface area contributed by atoms with E-state index in [9.17, 15) is 0 Å². The van der Waals surface area contributed by atoms with Gasteiger partial charge in [0.2, 0.25) is 5.88 Å². The van der Waals surface area contributed by atoms with Crippen molar-refractivity contribution in [3.8, 4) is 5.88 Å². The van der Waals surface area contributed by atoms with Gasteiger partial charge >= 0.3 is 0 Å². The van der Waals surface area contributed by atoms with E-state index in [4.69, 9.17) is 9.47 Å². The molecule has 2 aromatic heterocycles. The summed E-state index contributed by atoms with van der Waals surface area (Å²) in [5.41, 5.74) is 0.914. The number of halogens is 1. The average Bonchev–Trinajstić information content (AvgIpc) is 2.89. The quantitative estimate of drug-likeness (QED) is 0.371. The predicted molar refractivity (Wildman–Crippen MR) is 107 cm³/mol. The molecule has 2 aromatic rings. The average molecular weight is 413 g/mol. The molecule has 0 fully saturated rings. The maximum Gasteiger partial charge on any atom is 0.230 e. The van der Waals surface area contributed by atoms with Gasteiger partial charge in [0.05, 0.1) is 11.1 Å². The van der Waals surface area contributed by atoms with Gasteiger partial charge in [-0.1, -0.05) is 39.4 Å². The lowest BCUT2D eigenvalue weighted by molar-refractivity contribution is 0.0898. The van der Waals surface area contributed by atoms with Gasteiger partial charge in [-0.2, -0.15) is 4.98 Å². The highest BCUT2D eigenvalue weighted by Crippen LogP contribution is 2.28. The number of unbranched alkanes of at least 4 members (excludes halogenated alkanes) is 2. The van der Waals surface area contributed by atoms with E-state index in [0.717, 1.165) is 28.5 Å². The van der Waals surface area contributed by atoms with Crippen LogP contribution in [-0.2, 0) is 11.5 Å². The largest absolute Gasteiger partial charge is 0.477 e. The summed E-state index contributed by atoms with van der Waals surface area (Å²) in [6.45, 7) is 11.3. The van der Waals surface area contributed by atoms with Gasteiger partial charge in [0.15, 0.2) is 0 Å². The van der Waals surface area contributed by atoms with Crippen LogP contribution in [0.5, 0.6) is 5.88 Å². The Kier molecular flexibility index (Phi) is 7.31. The summed E-state index contributed by atoms with van der Waals surface area (Å²) in [4.78, 5) is 4.68. The fourth-order valence-corrected chi connectivity index (χ4v) is 3.54. The van der Waals surface area contributed by atoms with Gasteiger partial charge in [-0.25, -0.2) is 0 Å². The summed E-state index contributed by atoms with van der Waals surface area (Å²) < 4.78 is 14.6. The van der Waals surface area contributed by atoms with Crippen molar-refractivity contribution in [2.45, 2.75) is 58.6 Å². The first-order chi connectivity index (χ1) is 11.4. The Bertz CT molecular complexity index is 652. The van der Waals surface area contributed by atoms with Crippen molar-refractivity contribution in [2.24, 2.45) is 0 Å². The molecule has 0 aliphatic heterocycles. The third-order valence-corrected chi connectivity index (χ3v) is 6.14. The van der Waals surface area contributed by atoms with Gasteiger partial charge in [-0.3, -0.25) is 0 Å². The molecular formula is C18H29BrN2O2Si. The normalized spacial score (nSPS) is 12.0.